The molecule has 1 unspecified atom stereocenters. The van der Waals surface area contributed by atoms with Crippen LogP contribution in [0.5, 0.6) is 0 Å². The molecular weight excluding hydrogens is 228 g/mol. The van der Waals surface area contributed by atoms with Gasteiger partial charge in [-0.05, 0) is 19.8 Å². The first-order valence-electron chi connectivity index (χ1n) is 6.97. The largest absolute Gasteiger partial charge is 0.478 e. The molecule has 0 aliphatic carbocycles. The molecule has 0 bridgehead atoms. The molecule has 18 heavy (non-hydrogen) atoms. The lowest BCUT2D eigenvalue weighted by molar-refractivity contribution is -0.132. The van der Waals surface area contributed by atoms with Crippen molar-refractivity contribution in [3.05, 3.63) is 11.6 Å². The van der Waals surface area contributed by atoms with E-state index in [2.05, 4.69) is 23.6 Å². The van der Waals surface area contributed by atoms with Crippen LogP contribution in [0.4, 0.5) is 0 Å². The topological polar surface area (TPSA) is 43.8 Å². The average molecular weight is 254 g/mol. The standard InChI is InChI=1S/C14H26N2O2/c1-4-12(3)16-10-8-15(9-11-16)7-6-13(5-2)14(17)18/h6,12H,4-5,7-11H2,1-3H3,(H,17,18). The van der Waals surface area contributed by atoms with E-state index in [1.807, 2.05) is 13.0 Å². The Hall–Kier alpha value is -0.870. The summed E-state index contributed by atoms with van der Waals surface area (Å²) in [5.41, 5.74) is 0.527. The highest BCUT2D eigenvalue weighted by atomic mass is 16.4. The van der Waals surface area contributed by atoms with Crippen molar-refractivity contribution in [2.75, 3.05) is 32.7 Å². The summed E-state index contributed by atoms with van der Waals surface area (Å²) in [5.74, 6) is -0.782. The van der Waals surface area contributed by atoms with E-state index in [0.29, 0.717) is 18.0 Å². The first-order valence-corrected chi connectivity index (χ1v) is 6.97. The number of rotatable bonds is 6. The smallest absolute Gasteiger partial charge is 0.331 e. The molecule has 1 atom stereocenters. The van der Waals surface area contributed by atoms with Gasteiger partial charge in [0.2, 0.25) is 0 Å². The number of piperazine rings is 1. The van der Waals surface area contributed by atoms with Gasteiger partial charge in [0.1, 0.15) is 0 Å². The van der Waals surface area contributed by atoms with Crippen LogP contribution in [0.1, 0.15) is 33.6 Å². The molecule has 1 N–H and O–H groups in total. The molecule has 0 aromatic carbocycles. The first kappa shape index (κ1) is 15.2. The van der Waals surface area contributed by atoms with Crippen molar-refractivity contribution in [1.29, 1.82) is 0 Å². The van der Waals surface area contributed by atoms with Crippen molar-refractivity contribution in [1.82, 2.24) is 9.80 Å². The van der Waals surface area contributed by atoms with Crippen LogP contribution in [-0.4, -0.2) is 59.6 Å². The van der Waals surface area contributed by atoms with Crippen LogP contribution >= 0.6 is 0 Å². The second-order valence-corrected chi connectivity index (χ2v) is 4.98. The molecule has 104 valence electrons. The molecule has 0 spiro atoms. The molecule has 1 rings (SSSR count). The van der Waals surface area contributed by atoms with Crippen molar-refractivity contribution < 1.29 is 9.90 Å². The summed E-state index contributed by atoms with van der Waals surface area (Å²) in [7, 11) is 0. The molecule has 1 aliphatic heterocycles. The van der Waals surface area contributed by atoms with Crippen molar-refractivity contribution in [3.8, 4) is 0 Å². The lowest BCUT2D eigenvalue weighted by atomic mass is 10.1. The fourth-order valence-electron chi connectivity index (χ4n) is 2.27. The zero-order valence-corrected chi connectivity index (χ0v) is 11.9. The molecule has 0 amide bonds. The van der Waals surface area contributed by atoms with Gasteiger partial charge in [-0.3, -0.25) is 9.80 Å². The summed E-state index contributed by atoms with van der Waals surface area (Å²) >= 11 is 0. The quantitative estimate of drug-likeness (QED) is 0.734. The predicted molar refractivity (Wildman–Crippen MR) is 73.8 cm³/mol. The Morgan fingerprint density at radius 3 is 2.33 bits per heavy atom. The molecule has 1 heterocycles. The van der Waals surface area contributed by atoms with Crippen LogP contribution < -0.4 is 0 Å². The van der Waals surface area contributed by atoms with E-state index < -0.39 is 5.97 Å². The van der Waals surface area contributed by atoms with Gasteiger partial charge in [0.25, 0.3) is 0 Å². The zero-order chi connectivity index (χ0) is 13.5. The summed E-state index contributed by atoms with van der Waals surface area (Å²) in [6.45, 7) is 11.4. The number of carboxylic acid groups (broad SMARTS) is 1. The Balaban J connectivity index is 2.38. The highest BCUT2D eigenvalue weighted by molar-refractivity contribution is 5.86. The number of carboxylic acids is 1. The minimum atomic E-state index is -0.782. The Kier molecular flexibility index (Phi) is 6.36. The van der Waals surface area contributed by atoms with Crippen LogP contribution in [0.15, 0.2) is 11.6 Å². The van der Waals surface area contributed by atoms with Crippen LogP contribution in [0.2, 0.25) is 0 Å². The number of carbonyl (C=O) groups is 1. The van der Waals surface area contributed by atoms with E-state index in [0.717, 1.165) is 32.7 Å². The van der Waals surface area contributed by atoms with Crippen molar-refractivity contribution >= 4 is 5.97 Å². The number of hydrogen-bond donors (Lipinski definition) is 1. The molecule has 0 saturated carbocycles. The SMILES string of the molecule is CCC(=CCN1CCN(C(C)CC)CC1)C(=O)O. The summed E-state index contributed by atoms with van der Waals surface area (Å²) in [4.78, 5) is 15.7. The van der Waals surface area contributed by atoms with E-state index in [1.165, 1.54) is 6.42 Å². The summed E-state index contributed by atoms with van der Waals surface area (Å²) in [6, 6.07) is 0.660. The number of nitrogens with zero attached hydrogens (tertiary/aromatic N) is 2. The number of hydrogen-bond acceptors (Lipinski definition) is 3. The van der Waals surface area contributed by atoms with Gasteiger partial charge in [-0.15, -0.1) is 0 Å². The Morgan fingerprint density at radius 1 is 1.28 bits per heavy atom. The van der Waals surface area contributed by atoms with Crippen molar-refractivity contribution in [2.24, 2.45) is 0 Å². The van der Waals surface area contributed by atoms with Gasteiger partial charge in [-0.2, -0.15) is 0 Å². The second kappa shape index (κ2) is 7.54. The molecule has 1 aliphatic rings. The molecule has 1 fully saturated rings. The van der Waals surface area contributed by atoms with Crippen LogP contribution in [-0.2, 0) is 4.79 Å². The molecule has 0 aromatic heterocycles. The third-order valence-electron chi connectivity index (χ3n) is 3.87. The van der Waals surface area contributed by atoms with Crippen molar-refractivity contribution in [3.63, 3.8) is 0 Å². The van der Waals surface area contributed by atoms with E-state index in [-0.39, 0.29) is 0 Å². The van der Waals surface area contributed by atoms with Crippen LogP contribution in [0, 0.1) is 0 Å². The second-order valence-electron chi connectivity index (χ2n) is 4.98. The lowest BCUT2D eigenvalue weighted by Gasteiger charge is -2.37. The van der Waals surface area contributed by atoms with E-state index in [1.54, 1.807) is 0 Å². The average Bonchev–Trinajstić information content (AvgIpc) is 2.39. The maximum atomic E-state index is 10.9. The maximum Gasteiger partial charge on any atom is 0.331 e. The van der Waals surface area contributed by atoms with E-state index >= 15 is 0 Å². The summed E-state index contributed by atoms with van der Waals surface area (Å²) in [5, 5.41) is 8.95. The molecule has 0 radical (unpaired) electrons. The molecule has 0 aromatic rings. The minimum absolute atomic E-state index is 0.527. The zero-order valence-electron chi connectivity index (χ0n) is 11.9. The summed E-state index contributed by atoms with van der Waals surface area (Å²) in [6.07, 6.45) is 3.66. The highest BCUT2D eigenvalue weighted by Crippen LogP contribution is 2.09. The molecule has 4 heteroatoms. The van der Waals surface area contributed by atoms with Gasteiger partial charge < -0.3 is 5.11 Å². The normalized spacial score (nSPS) is 20.9. The van der Waals surface area contributed by atoms with Gasteiger partial charge in [0, 0.05) is 44.3 Å². The molecule has 4 nitrogen and oxygen atoms in total. The Morgan fingerprint density at radius 2 is 1.89 bits per heavy atom. The van der Waals surface area contributed by atoms with Gasteiger partial charge in [-0.25, -0.2) is 4.79 Å². The van der Waals surface area contributed by atoms with Gasteiger partial charge >= 0.3 is 5.97 Å². The molecule has 1 saturated heterocycles. The minimum Gasteiger partial charge on any atom is -0.478 e. The van der Waals surface area contributed by atoms with E-state index in [9.17, 15) is 4.79 Å². The van der Waals surface area contributed by atoms with Gasteiger partial charge in [0.15, 0.2) is 0 Å². The van der Waals surface area contributed by atoms with Gasteiger partial charge in [-0.1, -0.05) is 19.9 Å². The first-order chi connectivity index (χ1) is 8.58. The monoisotopic (exact) mass is 254 g/mol. The van der Waals surface area contributed by atoms with Crippen LogP contribution in [0.25, 0.3) is 0 Å². The third kappa shape index (κ3) is 4.42. The fraction of sp³-hybridized carbons (Fsp3) is 0.786. The fourth-order valence-corrected chi connectivity index (χ4v) is 2.27. The maximum absolute atomic E-state index is 10.9. The predicted octanol–water partition coefficient (Wildman–Crippen LogP) is 1.82. The van der Waals surface area contributed by atoms with Crippen molar-refractivity contribution in [2.45, 2.75) is 39.7 Å². The third-order valence-corrected chi connectivity index (χ3v) is 3.87. The van der Waals surface area contributed by atoms with E-state index in [4.69, 9.17) is 5.11 Å². The summed E-state index contributed by atoms with van der Waals surface area (Å²) < 4.78 is 0. The highest BCUT2D eigenvalue weighted by Gasteiger charge is 2.19. The number of aliphatic carboxylic acids is 1. The Labute approximate surface area is 110 Å². The van der Waals surface area contributed by atoms with Gasteiger partial charge in [0.05, 0.1) is 0 Å². The van der Waals surface area contributed by atoms with Crippen LogP contribution in [0.3, 0.4) is 0 Å². The molecular formula is C14H26N2O2. The lowest BCUT2D eigenvalue weighted by Crippen LogP contribution is -2.49. The Bertz CT molecular complexity index is 294.